The van der Waals surface area contributed by atoms with Crippen LogP contribution in [-0.4, -0.2) is 14.9 Å². The summed E-state index contributed by atoms with van der Waals surface area (Å²) in [5.41, 5.74) is 1.44. The first-order valence-electron chi connectivity index (χ1n) is 7.14. The Bertz CT molecular complexity index is 920. The van der Waals surface area contributed by atoms with Crippen LogP contribution >= 0.6 is 15.9 Å². The van der Waals surface area contributed by atoms with E-state index >= 15 is 0 Å². The molecule has 0 unspecified atom stereocenters. The van der Waals surface area contributed by atoms with Crippen molar-refractivity contribution in [2.75, 3.05) is 11.2 Å². The average Bonchev–Trinajstić information content (AvgIpc) is 2.61. The lowest BCUT2D eigenvalue weighted by Crippen LogP contribution is -2.32. The fourth-order valence-electron chi connectivity index (χ4n) is 2.00. The molecule has 3 aromatic rings. The summed E-state index contributed by atoms with van der Waals surface area (Å²) in [4.78, 5) is 12.3. The summed E-state index contributed by atoms with van der Waals surface area (Å²) in [6.45, 7) is 0. The van der Waals surface area contributed by atoms with E-state index in [1.165, 1.54) is 0 Å². The van der Waals surface area contributed by atoms with Crippen molar-refractivity contribution in [3.63, 3.8) is 0 Å². The summed E-state index contributed by atoms with van der Waals surface area (Å²) in [6, 6.07) is 17.0. The zero-order valence-corrected chi connectivity index (χ0v) is 14.1. The van der Waals surface area contributed by atoms with Gasteiger partial charge in [0.1, 0.15) is 0 Å². The van der Waals surface area contributed by atoms with Crippen molar-refractivity contribution in [3.8, 4) is 0 Å². The van der Waals surface area contributed by atoms with Gasteiger partial charge < -0.3 is 11.2 Å². The first-order valence-corrected chi connectivity index (χ1v) is 7.93. The molecule has 0 aliphatic carbocycles. The minimum atomic E-state index is -0.434. The molecular formula is C17H14BrN5O. The van der Waals surface area contributed by atoms with Crippen LogP contribution in [0.15, 0.2) is 63.9 Å². The minimum absolute atomic E-state index is 0.166. The van der Waals surface area contributed by atoms with Crippen LogP contribution in [0.1, 0.15) is 11.3 Å². The molecule has 3 rings (SSSR count). The van der Waals surface area contributed by atoms with Gasteiger partial charge in [0.2, 0.25) is 5.95 Å². The summed E-state index contributed by atoms with van der Waals surface area (Å²) in [5, 5.41) is 10.9. The Kier molecular flexibility index (Phi) is 4.72. The van der Waals surface area contributed by atoms with Crippen molar-refractivity contribution in [2.24, 2.45) is 0 Å². The van der Waals surface area contributed by atoms with E-state index in [2.05, 4.69) is 31.4 Å². The van der Waals surface area contributed by atoms with Gasteiger partial charge in [-0.1, -0.05) is 52.3 Å². The van der Waals surface area contributed by atoms with E-state index in [0.717, 1.165) is 20.4 Å². The Morgan fingerprint density at radius 3 is 2.42 bits per heavy atom. The van der Waals surface area contributed by atoms with Crippen molar-refractivity contribution < 1.29 is 0 Å². The number of hydrogen-bond acceptors (Lipinski definition) is 5. The molecule has 0 amide bonds. The van der Waals surface area contributed by atoms with Gasteiger partial charge >= 0.3 is 0 Å². The van der Waals surface area contributed by atoms with Crippen molar-refractivity contribution in [1.82, 2.24) is 14.9 Å². The molecule has 1 heterocycles. The van der Waals surface area contributed by atoms with E-state index in [4.69, 9.17) is 5.84 Å². The highest BCUT2D eigenvalue weighted by molar-refractivity contribution is 9.10. The number of nitrogens with one attached hydrogen (secondary N) is 1. The lowest BCUT2D eigenvalue weighted by Gasteiger charge is -2.09. The molecule has 24 heavy (non-hydrogen) atoms. The van der Waals surface area contributed by atoms with Gasteiger partial charge in [-0.2, -0.15) is 4.68 Å². The molecule has 0 radical (unpaired) electrons. The summed E-state index contributed by atoms with van der Waals surface area (Å²) < 4.78 is 1.89. The van der Waals surface area contributed by atoms with Crippen LogP contribution in [0.4, 0.5) is 11.6 Å². The van der Waals surface area contributed by atoms with Crippen molar-refractivity contribution >= 4 is 39.7 Å². The summed E-state index contributed by atoms with van der Waals surface area (Å²) >= 11 is 3.36. The smallest absolute Gasteiger partial charge is 0.299 e. The van der Waals surface area contributed by atoms with E-state index in [1.807, 2.05) is 54.6 Å². The third-order valence-electron chi connectivity index (χ3n) is 3.25. The van der Waals surface area contributed by atoms with E-state index in [1.54, 1.807) is 12.2 Å². The number of nitrogens with two attached hydrogens (primary N) is 1. The predicted molar refractivity (Wildman–Crippen MR) is 99.2 cm³/mol. The summed E-state index contributed by atoms with van der Waals surface area (Å²) in [7, 11) is 0. The fourth-order valence-corrected chi connectivity index (χ4v) is 2.27. The Morgan fingerprint density at radius 1 is 1.00 bits per heavy atom. The van der Waals surface area contributed by atoms with Crippen LogP contribution < -0.4 is 16.7 Å². The van der Waals surface area contributed by atoms with Crippen LogP contribution in [0.5, 0.6) is 0 Å². The zero-order valence-electron chi connectivity index (χ0n) is 12.6. The molecule has 0 bridgehead atoms. The van der Waals surface area contributed by atoms with Crippen LogP contribution in [-0.2, 0) is 0 Å². The SMILES string of the molecule is Nn1c(Nc2ccc(Br)cc2)nnc(/C=C\c2ccccc2)c1=O. The average molecular weight is 384 g/mol. The quantitative estimate of drug-likeness (QED) is 0.676. The number of nitrogen functional groups attached to an aromatic ring is 1. The third-order valence-corrected chi connectivity index (χ3v) is 3.78. The highest BCUT2D eigenvalue weighted by Gasteiger charge is 2.08. The van der Waals surface area contributed by atoms with Crippen molar-refractivity contribution in [1.29, 1.82) is 0 Å². The number of benzene rings is 2. The maximum atomic E-state index is 12.3. The van der Waals surface area contributed by atoms with Crippen molar-refractivity contribution in [3.05, 3.63) is 80.7 Å². The first kappa shape index (κ1) is 15.9. The Morgan fingerprint density at radius 2 is 1.71 bits per heavy atom. The van der Waals surface area contributed by atoms with Gasteiger partial charge in [0, 0.05) is 10.2 Å². The monoisotopic (exact) mass is 383 g/mol. The molecule has 0 atom stereocenters. The van der Waals surface area contributed by atoms with Crippen LogP contribution in [0.3, 0.4) is 0 Å². The number of rotatable bonds is 4. The Hall–Kier alpha value is -2.93. The molecule has 0 saturated carbocycles. The number of hydrogen-bond donors (Lipinski definition) is 2. The molecule has 3 N–H and O–H groups in total. The minimum Gasteiger partial charge on any atom is -0.333 e. The molecule has 0 fully saturated rings. The standard InChI is InChI=1S/C17H14BrN5O/c18-13-7-9-14(10-8-13)20-17-22-21-15(16(24)23(17)19)11-6-12-4-2-1-3-5-12/h1-11H,19H2,(H,20,22)/b11-6-. The second-order valence-corrected chi connectivity index (χ2v) is 5.88. The summed E-state index contributed by atoms with van der Waals surface area (Å²) in [5.74, 6) is 5.99. The normalized spacial score (nSPS) is 10.9. The van der Waals surface area contributed by atoms with Gasteiger partial charge in [0.05, 0.1) is 0 Å². The number of aromatic nitrogens is 3. The maximum Gasteiger partial charge on any atom is 0.299 e. The van der Waals surface area contributed by atoms with E-state index in [-0.39, 0.29) is 11.6 Å². The van der Waals surface area contributed by atoms with Gasteiger partial charge in [0.15, 0.2) is 5.69 Å². The lowest BCUT2D eigenvalue weighted by molar-refractivity contribution is 0.828. The number of nitrogens with zero attached hydrogens (tertiary/aromatic N) is 3. The molecule has 0 aliphatic rings. The maximum absolute atomic E-state index is 12.3. The molecule has 0 saturated heterocycles. The van der Waals surface area contributed by atoms with Gasteiger partial charge in [-0.15, -0.1) is 10.2 Å². The molecule has 2 aromatic carbocycles. The van der Waals surface area contributed by atoms with Crippen LogP contribution in [0.25, 0.3) is 12.2 Å². The van der Waals surface area contributed by atoms with Gasteiger partial charge in [-0.25, -0.2) is 0 Å². The third kappa shape index (κ3) is 3.69. The number of anilines is 2. The highest BCUT2D eigenvalue weighted by Crippen LogP contribution is 2.16. The second kappa shape index (κ2) is 7.10. The topological polar surface area (TPSA) is 85.8 Å². The van der Waals surface area contributed by atoms with Gasteiger partial charge in [0.25, 0.3) is 5.56 Å². The van der Waals surface area contributed by atoms with Crippen molar-refractivity contribution in [2.45, 2.75) is 0 Å². The molecule has 7 heteroatoms. The first-order chi connectivity index (χ1) is 11.6. The number of halogens is 1. The zero-order chi connectivity index (χ0) is 16.9. The molecule has 0 spiro atoms. The molecule has 1 aromatic heterocycles. The fraction of sp³-hybridized carbons (Fsp3) is 0. The van der Waals surface area contributed by atoms with E-state index in [9.17, 15) is 4.79 Å². The molecule has 0 aliphatic heterocycles. The second-order valence-electron chi connectivity index (χ2n) is 4.96. The Labute approximate surface area is 146 Å². The molecular weight excluding hydrogens is 370 g/mol. The predicted octanol–water partition coefficient (Wildman–Crippen LogP) is 3.03. The lowest BCUT2D eigenvalue weighted by atomic mass is 10.2. The van der Waals surface area contributed by atoms with E-state index in [0.29, 0.717) is 0 Å². The molecule has 6 nitrogen and oxygen atoms in total. The van der Waals surface area contributed by atoms with Gasteiger partial charge in [-0.05, 0) is 35.9 Å². The van der Waals surface area contributed by atoms with Crippen LogP contribution in [0.2, 0.25) is 0 Å². The highest BCUT2D eigenvalue weighted by atomic mass is 79.9. The largest absolute Gasteiger partial charge is 0.333 e. The summed E-state index contributed by atoms with van der Waals surface area (Å²) in [6.07, 6.45) is 3.38. The Balaban J connectivity index is 1.85. The van der Waals surface area contributed by atoms with Crippen LogP contribution in [0, 0.1) is 0 Å². The van der Waals surface area contributed by atoms with Gasteiger partial charge in [-0.3, -0.25) is 4.79 Å². The molecule has 120 valence electrons. The van der Waals surface area contributed by atoms with E-state index < -0.39 is 5.56 Å².